The fourth-order valence-corrected chi connectivity index (χ4v) is 1.24. The maximum Gasteiger partial charge on any atom is 0.264 e. The lowest BCUT2D eigenvalue weighted by molar-refractivity contribution is 0.150. The number of rotatable bonds is 1. The van der Waals surface area contributed by atoms with Crippen LogP contribution in [0, 0.1) is 6.92 Å². The summed E-state index contributed by atoms with van der Waals surface area (Å²) in [5.41, 5.74) is 0.710. The van der Waals surface area contributed by atoms with Crippen LogP contribution in [0.15, 0.2) is 22.7 Å². The van der Waals surface area contributed by atoms with Crippen molar-refractivity contribution in [3.63, 3.8) is 0 Å². The number of benzene rings is 1. The fourth-order valence-electron chi connectivity index (χ4n) is 0.861. The highest BCUT2D eigenvalue weighted by molar-refractivity contribution is 9.10. The van der Waals surface area contributed by atoms with Gasteiger partial charge >= 0.3 is 0 Å². The van der Waals surface area contributed by atoms with Gasteiger partial charge in [0.05, 0.1) is 0 Å². The average molecular weight is 221 g/mol. The van der Waals surface area contributed by atoms with Crippen molar-refractivity contribution < 1.29 is 8.78 Å². The van der Waals surface area contributed by atoms with Gasteiger partial charge in [-0.25, -0.2) is 8.78 Å². The summed E-state index contributed by atoms with van der Waals surface area (Å²) in [4.78, 5) is 0. The van der Waals surface area contributed by atoms with Crippen LogP contribution in [-0.2, 0) is 0 Å². The standard InChI is InChI=1S/C8H7BrF2/c1-5-6(8(10)11)3-2-4-7(5)9/h2-4,8H,1H3. The summed E-state index contributed by atoms with van der Waals surface area (Å²) >= 11 is 3.18. The van der Waals surface area contributed by atoms with E-state index >= 15 is 0 Å². The van der Waals surface area contributed by atoms with Crippen molar-refractivity contribution in [1.29, 1.82) is 0 Å². The normalized spacial score (nSPS) is 10.6. The number of hydrogen-bond acceptors (Lipinski definition) is 0. The molecule has 0 aromatic heterocycles. The van der Waals surface area contributed by atoms with Crippen LogP contribution >= 0.6 is 15.9 Å². The predicted molar refractivity (Wildman–Crippen MR) is 43.8 cm³/mol. The Morgan fingerprint density at radius 3 is 2.45 bits per heavy atom. The van der Waals surface area contributed by atoms with Gasteiger partial charge in [-0.2, -0.15) is 0 Å². The van der Waals surface area contributed by atoms with Crippen LogP contribution in [0.1, 0.15) is 17.6 Å². The first-order valence-corrected chi connectivity index (χ1v) is 3.95. The van der Waals surface area contributed by atoms with Crippen molar-refractivity contribution in [2.45, 2.75) is 13.3 Å². The maximum absolute atomic E-state index is 12.2. The smallest absolute Gasteiger partial charge is 0.205 e. The molecule has 11 heavy (non-hydrogen) atoms. The minimum atomic E-state index is -2.38. The maximum atomic E-state index is 12.2. The molecular weight excluding hydrogens is 214 g/mol. The topological polar surface area (TPSA) is 0 Å². The Labute approximate surface area is 72.4 Å². The highest BCUT2D eigenvalue weighted by Gasteiger charge is 2.10. The Kier molecular flexibility index (Phi) is 2.60. The molecule has 0 spiro atoms. The van der Waals surface area contributed by atoms with E-state index in [4.69, 9.17) is 0 Å². The number of hydrogen-bond donors (Lipinski definition) is 0. The van der Waals surface area contributed by atoms with Crippen molar-refractivity contribution in [2.24, 2.45) is 0 Å². The van der Waals surface area contributed by atoms with Gasteiger partial charge in [0.25, 0.3) is 6.43 Å². The summed E-state index contributed by atoms with van der Waals surface area (Å²) in [7, 11) is 0. The van der Waals surface area contributed by atoms with Gasteiger partial charge in [-0.05, 0) is 18.6 Å². The van der Waals surface area contributed by atoms with Crippen LogP contribution in [-0.4, -0.2) is 0 Å². The minimum Gasteiger partial charge on any atom is -0.205 e. The van der Waals surface area contributed by atoms with Crippen molar-refractivity contribution >= 4 is 15.9 Å². The number of halogens is 3. The molecule has 0 atom stereocenters. The second-order valence-corrected chi connectivity index (χ2v) is 3.11. The van der Waals surface area contributed by atoms with Gasteiger partial charge in [0.1, 0.15) is 0 Å². The Balaban J connectivity index is 3.17. The van der Waals surface area contributed by atoms with E-state index in [0.29, 0.717) is 5.56 Å². The first-order chi connectivity index (χ1) is 5.13. The Hall–Kier alpha value is -0.440. The molecule has 3 heteroatoms. The van der Waals surface area contributed by atoms with Crippen molar-refractivity contribution in [3.05, 3.63) is 33.8 Å². The third kappa shape index (κ3) is 1.77. The Morgan fingerprint density at radius 2 is 2.00 bits per heavy atom. The molecule has 0 amide bonds. The zero-order valence-electron chi connectivity index (χ0n) is 5.94. The van der Waals surface area contributed by atoms with E-state index < -0.39 is 6.43 Å². The molecule has 0 aliphatic heterocycles. The molecule has 0 saturated heterocycles. The lowest BCUT2D eigenvalue weighted by Gasteiger charge is -2.04. The van der Waals surface area contributed by atoms with Gasteiger partial charge in [0, 0.05) is 10.0 Å². The van der Waals surface area contributed by atoms with Gasteiger partial charge in [0.2, 0.25) is 0 Å². The molecule has 0 saturated carbocycles. The molecule has 0 radical (unpaired) electrons. The molecule has 1 aromatic rings. The molecule has 60 valence electrons. The fraction of sp³-hybridized carbons (Fsp3) is 0.250. The van der Waals surface area contributed by atoms with Crippen LogP contribution in [0.2, 0.25) is 0 Å². The van der Waals surface area contributed by atoms with Crippen LogP contribution in [0.25, 0.3) is 0 Å². The molecule has 0 aliphatic carbocycles. The highest BCUT2D eigenvalue weighted by Crippen LogP contribution is 2.27. The lowest BCUT2D eigenvalue weighted by Crippen LogP contribution is -1.89. The first kappa shape index (κ1) is 8.65. The van der Waals surface area contributed by atoms with Crippen LogP contribution in [0.4, 0.5) is 8.78 Å². The third-order valence-electron chi connectivity index (χ3n) is 1.54. The van der Waals surface area contributed by atoms with Gasteiger partial charge < -0.3 is 0 Å². The van der Waals surface area contributed by atoms with Crippen molar-refractivity contribution in [2.75, 3.05) is 0 Å². The van der Waals surface area contributed by atoms with Crippen LogP contribution < -0.4 is 0 Å². The summed E-state index contributed by atoms with van der Waals surface area (Å²) in [6.07, 6.45) is -2.38. The predicted octanol–water partition coefficient (Wildman–Crippen LogP) is 3.70. The summed E-state index contributed by atoms with van der Waals surface area (Å²) in [5.74, 6) is 0. The molecule has 0 fully saturated rings. The number of alkyl halides is 2. The van der Waals surface area contributed by atoms with Gasteiger partial charge in [-0.15, -0.1) is 0 Å². The second kappa shape index (κ2) is 3.30. The van der Waals surface area contributed by atoms with E-state index in [1.54, 1.807) is 19.1 Å². The molecule has 0 N–H and O–H groups in total. The molecule has 0 heterocycles. The molecule has 0 nitrogen and oxygen atoms in total. The first-order valence-electron chi connectivity index (χ1n) is 3.16. The molecule has 1 rings (SSSR count). The zero-order chi connectivity index (χ0) is 8.43. The summed E-state index contributed by atoms with van der Waals surface area (Å²) in [6, 6.07) is 4.80. The Bertz CT molecular complexity index is 258. The van der Waals surface area contributed by atoms with Crippen LogP contribution in [0.3, 0.4) is 0 Å². The molecule has 0 bridgehead atoms. The van der Waals surface area contributed by atoms with Gasteiger partial charge in [-0.1, -0.05) is 28.1 Å². The molecule has 0 aliphatic rings. The molecular formula is C8H7BrF2. The van der Waals surface area contributed by atoms with E-state index in [0.717, 1.165) is 4.47 Å². The van der Waals surface area contributed by atoms with Crippen LogP contribution in [0.5, 0.6) is 0 Å². The third-order valence-corrected chi connectivity index (χ3v) is 2.40. The minimum absolute atomic E-state index is 0.0966. The van der Waals surface area contributed by atoms with Crippen molar-refractivity contribution in [1.82, 2.24) is 0 Å². The Morgan fingerprint density at radius 1 is 1.36 bits per heavy atom. The highest BCUT2D eigenvalue weighted by atomic mass is 79.9. The van der Waals surface area contributed by atoms with Gasteiger partial charge in [-0.3, -0.25) is 0 Å². The second-order valence-electron chi connectivity index (χ2n) is 2.25. The van der Waals surface area contributed by atoms with E-state index in [2.05, 4.69) is 15.9 Å². The average Bonchev–Trinajstić information content (AvgIpc) is 1.94. The molecule has 0 unspecified atom stereocenters. The molecule has 1 aromatic carbocycles. The summed E-state index contributed by atoms with van der Waals surface area (Å²) in [5, 5.41) is 0. The summed E-state index contributed by atoms with van der Waals surface area (Å²) in [6.45, 7) is 1.67. The van der Waals surface area contributed by atoms with E-state index in [-0.39, 0.29) is 5.56 Å². The summed E-state index contributed by atoms with van der Waals surface area (Å²) < 4.78 is 25.1. The quantitative estimate of drug-likeness (QED) is 0.678. The van der Waals surface area contributed by atoms with E-state index in [9.17, 15) is 8.78 Å². The van der Waals surface area contributed by atoms with E-state index in [1.165, 1.54) is 6.07 Å². The van der Waals surface area contributed by atoms with Gasteiger partial charge in [0.15, 0.2) is 0 Å². The van der Waals surface area contributed by atoms with Crippen molar-refractivity contribution in [3.8, 4) is 0 Å². The largest absolute Gasteiger partial charge is 0.264 e. The zero-order valence-corrected chi connectivity index (χ0v) is 7.53. The van der Waals surface area contributed by atoms with E-state index in [1.807, 2.05) is 0 Å². The monoisotopic (exact) mass is 220 g/mol. The lowest BCUT2D eigenvalue weighted by atomic mass is 10.1. The SMILES string of the molecule is Cc1c(Br)cccc1C(F)F.